The maximum absolute atomic E-state index is 10.2. The van der Waals surface area contributed by atoms with Gasteiger partial charge in [-0.3, -0.25) is 4.79 Å². The number of carbonyl (C=O) groups is 1. The van der Waals surface area contributed by atoms with E-state index in [9.17, 15) is 4.79 Å². The van der Waals surface area contributed by atoms with Crippen molar-refractivity contribution in [1.82, 2.24) is 9.55 Å². The molecule has 1 aliphatic heterocycles. The minimum absolute atomic E-state index is 0.502. The number of aromatic nitrogens is 2. The molecule has 4 nitrogen and oxygen atoms in total. The van der Waals surface area contributed by atoms with Gasteiger partial charge in [-0.25, -0.2) is 4.98 Å². The van der Waals surface area contributed by atoms with Crippen LogP contribution in [0.4, 0.5) is 5.95 Å². The second-order valence-electron chi connectivity index (χ2n) is 2.23. The van der Waals surface area contributed by atoms with Gasteiger partial charge in [-0.2, -0.15) is 0 Å². The molecular weight excluding hydrogens is 130 g/mol. The Morgan fingerprint density at radius 3 is 3.40 bits per heavy atom. The maximum atomic E-state index is 10.2. The maximum Gasteiger partial charge on any atom is 0.203 e. The molecule has 0 saturated carbocycles. The molecular formula is C6H7N3O. The molecule has 0 atom stereocenters. The predicted molar refractivity (Wildman–Crippen MR) is 36.1 cm³/mol. The van der Waals surface area contributed by atoms with Crippen LogP contribution in [0.15, 0.2) is 6.20 Å². The molecule has 0 spiro atoms. The van der Waals surface area contributed by atoms with Crippen LogP contribution in [-0.2, 0) is 6.54 Å². The largest absolute Gasteiger partial charge is 0.354 e. The lowest BCUT2D eigenvalue weighted by atomic mass is 10.5. The summed E-state index contributed by atoms with van der Waals surface area (Å²) in [6.07, 6.45) is 2.51. The van der Waals surface area contributed by atoms with Gasteiger partial charge in [0.2, 0.25) is 5.95 Å². The molecule has 52 valence electrons. The summed E-state index contributed by atoms with van der Waals surface area (Å²) in [5, 5.41) is 3.05. The van der Waals surface area contributed by atoms with Crippen molar-refractivity contribution >= 4 is 12.2 Å². The van der Waals surface area contributed by atoms with E-state index in [2.05, 4.69) is 10.3 Å². The van der Waals surface area contributed by atoms with Crippen molar-refractivity contribution in [1.29, 1.82) is 0 Å². The number of aldehydes is 1. The van der Waals surface area contributed by atoms with E-state index in [-0.39, 0.29) is 0 Å². The number of nitrogens with one attached hydrogen (secondary N) is 1. The zero-order chi connectivity index (χ0) is 6.97. The van der Waals surface area contributed by atoms with Crippen molar-refractivity contribution in [2.24, 2.45) is 0 Å². The van der Waals surface area contributed by atoms with Gasteiger partial charge in [0.25, 0.3) is 0 Å². The van der Waals surface area contributed by atoms with Crippen molar-refractivity contribution in [3.63, 3.8) is 0 Å². The van der Waals surface area contributed by atoms with Crippen LogP contribution < -0.4 is 5.32 Å². The lowest BCUT2D eigenvalue weighted by Crippen LogP contribution is -1.95. The Morgan fingerprint density at radius 1 is 1.80 bits per heavy atom. The van der Waals surface area contributed by atoms with E-state index in [1.165, 1.54) is 0 Å². The summed E-state index contributed by atoms with van der Waals surface area (Å²) in [5.74, 6) is 0.808. The fraction of sp³-hybridized carbons (Fsp3) is 0.333. The van der Waals surface area contributed by atoms with Crippen LogP contribution in [0, 0.1) is 0 Å². The van der Waals surface area contributed by atoms with Gasteiger partial charge < -0.3 is 9.88 Å². The minimum Gasteiger partial charge on any atom is -0.354 e. The first-order chi connectivity index (χ1) is 4.90. The summed E-state index contributed by atoms with van der Waals surface area (Å²) in [6, 6.07) is 0. The number of fused-ring (bicyclic) bond motifs is 1. The molecule has 1 aliphatic rings. The molecule has 0 unspecified atom stereocenters. The first-order valence-corrected chi connectivity index (χ1v) is 3.16. The van der Waals surface area contributed by atoms with Crippen LogP contribution >= 0.6 is 0 Å². The van der Waals surface area contributed by atoms with Crippen molar-refractivity contribution < 1.29 is 4.79 Å². The molecule has 2 rings (SSSR count). The van der Waals surface area contributed by atoms with E-state index in [0.29, 0.717) is 5.69 Å². The number of anilines is 1. The minimum atomic E-state index is 0.502. The molecule has 4 heteroatoms. The predicted octanol–water partition coefficient (Wildman–Crippen LogP) is 0.121. The quantitative estimate of drug-likeness (QED) is 0.559. The summed E-state index contributed by atoms with van der Waals surface area (Å²) in [4.78, 5) is 14.2. The fourth-order valence-corrected chi connectivity index (χ4v) is 1.09. The van der Waals surface area contributed by atoms with E-state index in [0.717, 1.165) is 25.3 Å². The fourth-order valence-electron chi connectivity index (χ4n) is 1.09. The standard InChI is InChI=1S/C6H7N3O/c10-4-5-3-9-2-1-7-6(9)8-5/h3-4H,1-2H2,(H,7,8). The lowest BCUT2D eigenvalue weighted by Gasteiger charge is -1.86. The third kappa shape index (κ3) is 0.618. The normalized spacial score (nSPS) is 14.4. The molecule has 0 aromatic carbocycles. The van der Waals surface area contributed by atoms with E-state index in [1.54, 1.807) is 6.20 Å². The van der Waals surface area contributed by atoms with Crippen molar-refractivity contribution in [2.75, 3.05) is 11.9 Å². The van der Waals surface area contributed by atoms with Gasteiger partial charge in [0, 0.05) is 19.3 Å². The zero-order valence-corrected chi connectivity index (χ0v) is 5.37. The second kappa shape index (κ2) is 1.83. The first-order valence-electron chi connectivity index (χ1n) is 3.16. The summed E-state index contributed by atoms with van der Waals surface area (Å²) in [5.41, 5.74) is 0.502. The summed E-state index contributed by atoms with van der Waals surface area (Å²) < 4.78 is 1.93. The lowest BCUT2D eigenvalue weighted by molar-refractivity contribution is 0.111. The summed E-state index contributed by atoms with van der Waals surface area (Å²) in [6.45, 7) is 1.83. The van der Waals surface area contributed by atoms with E-state index in [4.69, 9.17) is 0 Å². The Bertz CT molecular complexity index is 244. The Hall–Kier alpha value is -1.32. The molecule has 1 aromatic rings. The van der Waals surface area contributed by atoms with Gasteiger partial charge in [-0.15, -0.1) is 0 Å². The second-order valence-corrected chi connectivity index (χ2v) is 2.23. The number of imidazole rings is 1. The average molecular weight is 137 g/mol. The van der Waals surface area contributed by atoms with Gasteiger partial charge in [0.15, 0.2) is 6.29 Å². The van der Waals surface area contributed by atoms with E-state index >= 15 is 0 Å². The van der Waals surface area contributed by atoms with Crippen molar-refractivity contribution in [3.05, 3.63) is 11.9 Å². The van der Waals surface area contributed by atoms with Gasteiger partial charge >= 0.3 is 0 Å². The average Bonchev–Trinajstić information content (AvgIpc) is 2.42. The highest BCUT2D eigenvalue weighted by molar-refractivity contribution is 5.72. The van der Waals surface area contributed by atoms with Gasteiger partial charge in [-0.05, 0) is 0 Å². The zero-order valence-electron chi connectivity index (χ0n) is 5.37. The van der Waals surface area contributed by atoms with Crippen LogP contribution in [-0.4, -0.2) is 22.4 Å². The number of nitrogens with zero attached hydrogens (tertiary/aromatic N) is 2. The summed E-state index contributed by atoms with van der Waals surface area (Å²) >= 11 is 0. The summed E-state index contributed by atoms with van der Waals surface area (Å²) in [7, 11) is 0. The number of carbonyl (C=O) groups excluding carboxylic acids is 1. The molecule has 0 fully saturated rings. The van der Waals surface area contributed by atoms with Crippen LogP contribution in [0.2, 0.25) is 0 Å². The van der Waals surface area contributed by atoms with E-state index in [1.807, 2.05) is 4.57 Å². The molecule has 0 aliphatic carbocycles. The monoisotopic (exact) mass is 137 g/mol. The highest BCUT2D eigenvalue weighted by Gasteiger charge is 2.11. The van der Waals surface area contributed by atoms with Crippen LogP contribution in [0.1, 0.15) is 10.5 Å². The van der Waals surface area contributed by atoms with Gasteiger partial charge in [-0.1, -0.05) is 0 Å². The smallest absolute Gasteiger partial charge is 0.203 e. The Balaban J connectivity index is 2.46. The van der Waals surface area contributed by atoms with Gasteiger partial charge in [0.05, 0.1) is 0 Å². The molecule has 2 heterocycles. The third-order valence-corrected chi connectivity index (χ3v) is 1.55. The highest BCUT2D eigenvalue weighted by Crippen LogP contribution is 2.11. The van der Waals surface area contributed by atoms with Crippen molar-refractivity contribution in [3.8, 4) is 0 Å². The van der Waals surface area contributed by atoms with Crippen molar-refractivity contribution in [2.45, 2.75) is 6.54 Å². The molecule has 0 saturated heterocycles. The van der Waals surface area contributed by atoms with E-state index < -0.39 is 0 Å². The first kappa shape index (κ1) is 5.46. The highest BCUT2D eigenvalue weighted by atomic mass is 16.1. The van der Waals surface area contributed by atoms with Crippen LogP contribution in [0.25, 0.3) is 0 Å². The number of hydrogen-bond donors (Lipinski definition) is 1. The molecule has 1 aromatic heterocycles. The number of rotatable bonds is 1. The van der Waals surface area contributed by atoms with Crippen LogP contribution in [0.3, 0.4) is 0 Å². The topological polar surface area (TPSA) is 46.9 Å². The Morgan fingerprint density at radius 2 is 2.70 bits per heavy atom. The van der Waals surface area contributed by atoms with Gasteiger partial charge in [0.1, 0.15) is 5.69 Å². The molecule has 1 N–H and O–H groups in total. The molecule has 0 bridgehead atoms. The Kier molecular flexibility index (Phi) is 1.00. The van der Waals surface area contributed by atoms with Crippen LogP contribution in [0.5, 0.6) is 0 Å². The third-order valence-electron chi connectivity index (χ3n) is 1.55. The molecule has 10 heavy (non-hydrogen) atoms. The molecule has 0 radical (unpaired) electrons. The molecule has 0 amide bonds. The SMILES string of the molecule is O=Cc1cn2c(n1)NCC2. The Labute approximate surface area is 57.9 Å². The number of hydrogen-bond acceptors (Lipinski definition) is 3.